The number of carbonyl (C=O) groups excluding carboxylic acids is 1. The molecule has 0 aliphatic carbocycles. The van der Waals surface area contributed by atoms with Crippen LogP contribution in [0.2, 0.25) is 0 Å². The van der Waals surface area contributed by atoms with Gasteiger partial charge in [-0.05, 0) is 34.2 Å². The van der Waals surface area contributed by atoms with Gasteiger partial charge in [0.1, 0.15) is 23.2 Å². The van der Waals surface area contributed by atoms with Crippen LogP contribution < -0.4 is 4.74 Å². The number of hydrogen-bond donors (Lipinski definition) is 0. The van der Waals surface area contributed by atoms with Crippen LogP contribution in [0.3, 0.4) is 0 Å². The second-order valence-corrected chi connectivity index (χ2v) is 7.07. The van der Waals surface area contributed by atoms with Crippen molar-refractivity contribution in [1.82, 2.24) is 9.55 Å². The van der Waals surface area contributed by atoms with Gasteiger partial charge in [-0.15, -0.1) is 0 Å². The Morgan fingerprint density at radius 3 is 2.57 bits per heavy atom. The van der Waals surface area contributed by atoms with Crippen molar-refractivity contribution in [2.75, 3.05) is 7.11 Å². The summed E-state index contributed by atoms with van der Waals surface area (Å²) < 4.78 is 7.61. The van der Waals surface area contributed by atoms with Crippen LogP contribution in [0.15, 0.2) is 64.4 Å². The molecule has 0 aliphatic rings. The second kappa shape index (κ2) is 9.31. The number of nitro groups is 1. The zero-order chi connectivity index (χ0) is 21.7. The molecule has 0 saturated heterocycles. The SMILES string of the molecule is COc1ccccc1C(=O)O/N=C(/Cn1cc([N+](=O)[O-])nc1C)c1ccc(Br)cc1. The number of imidazole rings is 1. The van der Waals surface area contributed by atoms with Crippen molar-refractivity contribution in [2.24, 2.45) is 5.16 Å². The second-order valence-electron chi connectivity index (χ2n) is 6.16. The predicted octanol–water partition coefficient (Wildman–Crippen LogP) is 4.13. The van der Waals surface area contributed by atoms with E-state index in [1.54, 1.807) is 47.9 Å². The summed E-state index contributed by atoms with van der Waals surface area (Å²) in [5, 5.41) is 15.0. The van der Waals surface area contributed by atoms with Gasteiger partial charge in [-0.25, -0.2) is 4.79 Å². The third-order valence-corrected chi connectivity index (χ3v) is 4.74. The van der Waals surface area contributed by atoms with Crippen LogP contribution in [0.4, 0.5) is 5.82 Å². The summed E-state index contributed by atoms with van der Waals surface area (Å²) in [6, 6.07) is 13.9. The summed E-state index contributed by atoms with van der Waals surface area (Å²) >= 11 is 3.37. The Bertz CT molecular complexity index is 1110. The van der Waals surface area contributed by atoms with Crippen LogP contribution in [0.1, 0.15) is 21.7 Å². The third kappa shape index (κ3) is 4.90. The number of para-hydroxylation sites is 1. The van der Waals surface area contributed by atoms with Crippen LogP contribution in [0.5, 0.6) is 5.75 Å². The van der Waals surface area contributed by atoms with Crippen LogP contribution in [0.25, 0.3) is 0 Å². The van der Waals surface area contributed by atoms with E-state index in [9.17, 15) is 14.9 Å². The Kier molecular flexibility index (Phi) is 6.58. The fourth-order valence-corrected chi connectivity index (χ4v) is 2.94. The third-order valence-electron chi connectivity index (χ3n) is 4.21. The first kappa shape index (κ1) is 21.2. The maximum Gasteiger partial charge on any atom is 0.381 e. The largest absolute Gasteiger partial charge is 0.496 e. The lowest BCUT2D eigenvalue weighted by Gasteiger charge is -2.09. The number of hydrogen-bond acceptors (Lipinski definition) is 7. The molecule has 0 amide bonds. The molecule has 2 aromatic carbocycles. The topological polar surface area (TPSA) is 109 Å². The van der Waals surface area contributed by atoms with Crippen molar-refractivity contribution >= 4 is 33.4 Å². The molecule has 0 N–H and O–H groups in total. The lowest BCUT2D eigenvalue weighted by molar-refractivity contribution is -0.389. The summed E-state index contributed by atoms with van der Waals surface area (Å²) in [4.78, 5) is 32.0. The van der Waals surface area contributed by atoms with E-state index >= 15 is 0 Å². The molecule has 154 valence electrons. The number of benzene rings is 2. The van der Waals surface area contributed by atoms with Gasteiger partial charge in [0.05, 0.1) is 13.7 Å². The lowest BCUT2D eigenvalue weighted by atomic mass is 10.1. The maximum atomic E-state index is 12.5. The van der Waals surface area contributed by atoms with Gasteiger partial charge < -0.3 is 24.3 Å². The Hall–Kier alpha value is -3.53. The standard InChI is InChI=1S/C20H17BrN4O5/c1-13-22-19(25(27)28)12-24(13)11-17(14-7-9-15(21)10-8-14)23-30-20(26)16-5-3-4-6-18(16)29-2/h3-10,12H,11H2,1-2H3/b23-17-. The monoisotopic (exact) mass is 472 g/mol. The minimum Gasteiger partial charge on any atom is -0.496 e. The normalized spacial score (nSPS) is 11.2. The van der Waals surface area contributed by atoms with Gasteiger partial charge in [0.2, 0.25) is 5.82 Å². The highest BCUT2D eigenvalue weighted by Crippen LogP contribution is 2.19. The molecular formula is C20H17BrN4O5. The summed E-state index contributed by atoms with van der Waals surface area (Å²) in [6.45, 7) is 1.76. The van der Waals surface area contributed by atoms with Crippen molar-refractivity contribution < 1.29 is 19.3 Å². The number of rotatable bonds is 7. The van der Waals surface area contributed by atoms with Crippen LogP contribution in [0, 0.1) is 17.0 Å². The first-order valence-electron chi connectivity index (χ1n) is 8.74. The van der Waals surface area contributed by atoms with Gasteiger partial charge >= 0.3 is 11.8 Å². The van der Waals surface area contributed by atoms with Gasteiger partial charge in [-0.1, -0.05) is 45.4 Å². The molecule has 1 aromatic heterocycles. The number of oxime groups is 1. The molecule has 10 heteroatoms. The van der Waals surface area contributed by atoms with Crippen LogP contribution in [-0.4, -0.2) is 33.3 Å². The number of methoxy groups -OCH3 is 1. The summed E-state index contributed by atoms with van der Waals surface area (Å²) in [5.41, 5.74) is 1.30. The number of aryl methyl sites for hydroxylation is 1. The highest BCUT2D eigenvalue weighted by Gasteiger charge is 2.19. The maximum absolute atomic E-state index is 12.5. The van der Waals surface area contributed by atoms with Crippen LogP contribution in [-0.2, 0) is 11.4 Å². The van der Waals surface area contributed by atoms with E-state index < -0.39 is 10.9 Å². The first-order chi connectivity index (χ1) is 14.4. The number of carbonyl (C=O) groups is 1. The molecule has 9 nitrogen and oxygen atoms in total. The molecule has 0 unspecified atom stereocenters. The van der Waals surface area contributed by atoms with Gasteiger partial charge in [0.25, 0.3) is 0 Å². The summed E-state index contributed by atoms with van der Waals surface area (Å²) in [5.74, 6) is -0.157. The minimum absolute atomic E-state index is 0.119. The highest BCUT2D eigenvalue weighted by atomic mass is 79.9. The number of ether oxygens (including phenoxy) is 1. The Morgan fingerprint density at radius 1 is 1.23 bits per heavy atom. The van der Waals surface area contributed by atoms with E-state index in [0.717, 1.165) is 4.47 Å². The van der Waals surface area contributed by atoms with E-state index in [0.29, 0.717) is 22.8 Å². The zero-order valence-electron chi connectivity index (χ0n) is 16.1. The van der Waals surface area contributed by atoms with E-state index in [1.807, 2.05) is 12.1 Å². The van der Waals surface area contributed by atoms with Crippen molar-refractivity contribution in [3.63, 3.8) is 0 Å². The molecule has 0 saturated carbocycles. The number of halogens is 1. The minimum atomic E-state index is -0.685. The first-order valence-corrected chi connectivity index (χ1v) is 9.53. The van der Waals surface area contributed by atoms with E-state index in [4.69, 9.17) is 9.57 Å². The van der Waals surface area contributed by atoms with Crippen molar-refractivity contribution in [3.05, 3.63) is 86.3 Å². The fraction of sp³-hybridized carbons (Fsp3) is 0.150. The van der Waals surface area contributed by atoms with Crippen LogP contribution >= 0.6 is 15.9 Å². The summed E-state index contributed by atoms with van der Waals surface area (Å²) in [7, 11) is 1.46. The fourth-order valence-electron chi connectivity index (χ4n) is 2.68. The Labute approximate surface area is 180 Å². The van der Waals surface area contributed by atoms with Gasteiger partial charge in [0.15, 0.2) is 0 Å². The molecule has 0 aliphatic heterocycles. The molecule has 0 radical (unpaired) electrons. The average Bonchev–Trinajstić information content (AvgIpc) is 3.12. The molecular weight excluding hydrogens is 456 g/mol. The van der Waals surface area contributed by atoms with E-state index in [2.05, 4.69) is 26.1 Å². The molecule has 3 rings (SSSR count). The van der Waals surface area contributed by atoms with Gasteiger partial charge in [0, 0.05) is 17.0 Å². The highest BCUT2D eigenvalue weighted by molar-refractivity contribution is 9.10. The smallest absolute Gasteiger partial charge is 0.381 e. The Balaban J connectivity index is 1.92. The van der Waals surface area contributed by atoms with Crippen molar-refractivity contribution in [2.45, 2.75) is 13.5 Å². The molecule has 0 atom stereocenters. The molecule has 1 heterocycles. The van der Waals surface area contributed by atoms with Gasteiger partial charge in [-0.2, -0.15) is 0 Å². The number of nitrogens with zero attached hydrogens (tertiary/aromatic N) is 4. The van der Waals surface area contributed by atoms with E-state index in [1.165, 1.54) is 13.3 Å². The van der Waals surface area contributed by atoms with Gasteiger partial charge in [-0.3, -0.25) is 0 Å². The molecule has 0 spiro atoms. The molecule has 30 heavy (non-hydrogen) atoms. The lowest BCUT2D eigenvalue weighted by Crippen LogP contribution is -2.14. The van der Waals surface area contributed by atoms with Crippen molar-refractivity contribution in [1.29, 1.82) is 0 Å². The molecule has 0 bridgehead atoms. The average molecular weight is 473 g/mol. The zero-order valence-corrected chi connectivity index (χ0v) is 17.7. The van der Waals surface area contributed by atoms with Crippen molar-refractivity contribution in [3.8, 4) is 5.75 Å². The summed E-state index contributed by atoms with van der Waals surface area (Å²) in [6.07, 6.45) is 1.31. The Morgan fingerprint density at radius 2 is 1.93 bits per heavy atom. The molecule has 0 fully saturated rings. The predicted molar refractivity (Wildman–Crippen MR) is 113 cm³/mol. The molecule has 3 aromatic rings. The van der Waals surface area contributed by atoms with E-state index in [-0.39, 0.29) is 17.9 Å². The number of aromatic nitrogens is 2. The quantitative estimate of drug-likeness (QED) is 0.221.